The number of hydrogen-bond acceptors (Lipinski definition) is 4. The van der Waals surface area contributed by atoms with E-state index in [0.29, 0.717) is 0 Å². The second-order valence-electron chi connectivity index (χ2n) is 6.20. The first kappa shape index (κ1) is 14.4. The Kier molecular flexibility index (Phi) is 3.63. The molecule has 1 unspecified atom stereocenters. The van der Waals surface area contributed by atoms with Crippen molar-refractivity contribution >= 4 is 5.91 Å². The van der Waals surface area contributed by atoms with Crippen LogP contribution in [0.1, 0.15) is 24.6 Å². The maximum absolute atomic E-state index is 12.6. The quantitative estimate of drug-likeness (QED) is 0.885. The third-order valence-electron chi connectivity index (χ3n) is 4.36. The third-order valence-corrected chi connectivity index (χ3v) is 4.36. The summed E-state index contributed by atoms with van der Waals surface area (Å²) in [6.45, 7) is 1.62. The minimum absolute atomic E-state index is 0.0224. The summed E-state index contributed by atoms with van der Waals surface area (Å²) in [5.41, 5.74) is 0.836. The van der Waals surface area contributed by atoms with Gasteiger partial charge in [-0.2, -0.15) is 0 Å². The molecule has 1 aromatic carbocycles. The van der Waals surface area contributed by atoms with Crippen LogP contribution in [0.15, 0.2) is 24.3 Å². The summed E-state index contributed by atoms with van der Waals surface area (Å²) in [4.78, 5) is 16.7. The van der Waals surface area contributed by atoms with Gasteiger partial charge in [0.05, 0.1) is 7.11 Å². The fourth-order valence-corrected chi connectivity index (χ4v) is 2.86. The normalized spacial score (nSPS) is 23.1. The number of carbonyl (C=O) groups excluding carboxylic acids is 1. The molecule has 1 saturated carbocycles. The molecule has 1 aliphatic heterocycles. The van der Waals surface area contributed by atoms with Crippen molar-refractivity contribution in [3.8, 4) is 5.75 Å². The van der Waals surface area contributed by atoms with Gasteiger partial charge in [-0.3, -0.25) is 10.1 Å². The number of nitrogens with zero attached hydrogens (tertiary/aromatic N) is 2. The molecule has 5 heteroatoms. The Morgan fingerprint density at radius 1 is 1.33 bits per heavy atom. The number of benzene rings is 1. The number of amides is 1. The Morgan fingerprint density at radius 3 is 2.52 bits per heavy atom. The first-order valence-electron chi connectivity index (χ1n) is 7.43. The molecule has 1 N–H and O–H groups in total. The highest BCUT2D eigenvalue weighted by Gasteiger charge is 2.59. The Hall–Kier alpha value is -1.59. The van der Waals surface area contributed by atoms with E-state index in [4.69, 9.17) is 4.74 Å². The van der Waals surface area contributed by atoms with Crippen LogP contribution >= 0.6 is 0 Å². The standard InChI is InChI=1S/C16H23N3O2/c1-18(2)10-11-19-14(17-16(8-9-16)15(19)20)12-4-6-13(21-3)7-5-12/h4-7,14,17H,8-11H2,1-3H3. The van der Waals surface area contributed by atoms with Crippen molar-refractivity contribution < 1.29 is 9.53 Å². The number of hydrogen-bond donors (Lipinski definition) is 1. The fraction of sp³-hybridized carbons (Fsp3) is 0.562. The van der Waals surface area contributed by atoms with Crippen LogP contribution in [0.3, 0.4) is 0 Å². The van der Waals surface area contributed by atoms with Gasteiger partial charge in [-0.05, 0) is 44.6 Å². The lowest BCUT2D eigenvalue weighted by molar-refractivity contribution is -0.131. The monoisotopic (exact) mass is 289 g/mol. The van der Waals surface area contributed by atoms with Crippen molar-refractivity contribution in [3.63, 3.8) is 0 Å². The molecule has 1 saturated heterocycles. The number of ether oxygens (including phenoxy) is 1. The van der Waals surface area contributed by atoms with Crippen LogP contribution in [0.5, 0.6) is 5.75 Å². The van der Waals surface area contributed by atoms with Crippen molar-refractivity contribution in [1.82, 2.24) is 15.1 Å². The predicted octanol–water partition coefficient (Wildman–Crippen LogP) is 1.22. The van der Waals surface area contributed by atoms with Crippen LogP contribution in [0.4, 0.5) is 0 Å². The first-order valence-corrected chi connectivity index (χ1v) is 7.43. The average Bonchev–Trinajstić information content (AvgIpc) is 3.21. The molecule has 0 bridgehead atoms. The number of rotatable bonds is 5. The largest absolute Gasteiger partial charge is 0.497 e. The Bertz CT molecular complexity index is 523. The maximum atomic E-state index is 12.6. The van der Waals surface area contributed by atoms with E-state index in [1.165, 1.54) is 0 Å². The molecule has 1 spiro atoms. The lowest BCUT2D eigenvalue weighted by Crippen LogP contribution is -2.37. The summed E-state index contributed by atoms with van der Waals surface area (Å²) in [5, 5.41) is 3.54. The smallest absolute Gasteiger partial charge is 0.244 e. The topological polar surface area (TPSA) is 44.8 Å². The molecule has 3 rings (SSSR count). The lowest BCUT2D eigenvalue weighted by atomic mass is 10.1. The molecule has 1 heterocycles. The van der Waals surface area contributed by atoms with E-state index in [1.54, 1.807) is 7.11 Å². The van der Waals surface area contributed by atoms with Gasteiger partial charge in [0.1, 0.15) is 17.5 Å². The summed E-state index contributed by atoms with van der Waals surface area (Å²) in [7, 11) is 5.72. The van der Waals surface area contributed by atoms with Crippen LogP contribution in [0.25, 0.3) is 0 Å². The van der Waals surface area contributed by atoms with Gasteiger partial charge in [0.25, 0.3) is 0 Å². The average molecular weight is 289 g/mol. The van der Waals surface area contributed by atoms with Crippen molar-refractivity contribution in [3.05, 3.63) is 29.8 Å². The van der Waals surface area contributed by atoms with Gasteiger partial charge in [-0.1, -0.05) is 12.1 Å². The van der Waals surface area contributed by atoms with E-state index < -0.39 is 0 Å². The Balaban J connectivity index is 1.81. The summed E-state index contributed by atoms with van der Waals surface area (Å²) in [6, 6.07) is 7.97. The second-order valence-corrected chi connectivity index (χ2v) is 6.20. The molecular weight excluding hydrogens is 266 g/mol. The summed E-state index contributed by atoms with van der Waals surface area (Å²) < 4.78 is 5.20. The van der Waals surface area contributed by atoms with Crippen molar-refractivity contribution in [2.75, 3.05) is 34.3 Å². The van der Waals surface area contributed by atoms with E-state index in [9.17, 15) is 4.79 Å². The van der Waals surface area contributed by atoms with Gasteiger partial charge < -0.3 is 14.5 Å². The van der Waals surface area contributed by atoms with Crippen molar-refractivity contribution in [2.24, 2.45) is 0 Å². The van der Waals surface area contributed by atoms with Crippen molar-refractivity contribution in [2.45, 2.75) is 24.5 Å². The van der Waals surface area contributed by atoms with E-state index in [-0.39, 0.29) is 17.6 Å². The zero-order chi connectivity index (χ0) is 15.0. The fourth-order valence-electron chi connectivity index (χ4n) is 2.86. The Morgan fingerprint density at radius 2 is 2.00 bits per heavy atom. The molecule has 2 fully saturated rings. The summed E-state index contributed by atoms with van der Waals surface area (Å²) in [5.74, 6) is 1.09. The molecule has 0 aromatic heterocycles. The van der Waals surface area contributed by atoms with Gasteiger partial charge in [0.15, 0.2) is 0 Å². The first-order chi connectivity index (χ1) is 10.1. The molecule has 114 valence electrons. The van der Waals surface area contributed by atoms with Crippen molar-refractivity contribution in [1.29, 1.82) is 0 Å². The minimum atomic E-state index is -0.281. The van der Waals surface area contributed by atoms with Gasteiger partial charge in [0.2, 0.25) is 5.91 Å². The van der Waals surface area contributed by atoms with Gasteiger partial charge in [0, 0.05) is 13.1 Å². The molecule has 0 radical (unpaired) electrons. The Labute approximate surface area is 125 Å². The third kappa shape index (κ3) is 2.63. The molecule has 1 amide bonds. The molecule has 2 aliphatic rings. The van der Waals surface area contributed by atoms with E-state index in [0.717, 1.165) is 37.2 Å². The zero-order valence-corrected chi connectivity index (χ0v) is 12.9. The SMILES string of the molecule is COc1ccc(C2NC3(CC3)C(=O)N2CCN(C)C)cc1. The predicted molar refractivity (Wildman–Crippen MR) is 81.1 cm³/mol. The van der Waals surface area contributed by atoms with Crippen LogP contribution in [-0.4, -0.2) is 55.5 Å². The minimum Gasteiger partial charge on any atom is -0.497 e. The highest BCUT2D eigenvalue weighted by molar-refractivity contribution is 5.92. The summed E-state index contributed by atoms with van der Waals surface area (Å²) in [6.07, 6.45) is 1.89. The number of likely N-dealkylation sites (N-methyl/N-ethyl adjacent to an activating group) is 1. The molecule has 1 aromatic rings. The van der Waals surface area contributed by atoms with E-state index in [1.807, 2.05) is 43.3 Å². The number of nitrogens with one attached hydrogen (secondary N) is 1. The van der Waals surface area contributed by atoms with Gasteiger partial charge >= 0.3 is 0 Å². The highest BCUT2D eigenvalue weighted by Crippen LogP contribution is 2.45. The zero-order valence-electron chi connectivity index (χ0n) is 12.9. The van der Waals surface area contributed by atoms with Gasteiger partial charge in [-0.15, -0.1) is 0 Å². The van der Waals surface area contributed by atoms with Crippen LogP contribution in [-0.2, 0) is 4.79 Å². The van der Waals surface area contributed by atoms with E-state index in [2.05, 4.69) is 10.2 Å². The molecule has 1 atom stereocenters. The summed E-state index contributed by atoms with van der Waals surface area (Å²) >= 11 is 0. The molecular formula is C16H23N3O2. The maximum Gasteiger partial charge on any atom is 0.244 e. The molecule has 1 aliphatic carbocycles. The molecule has 5 nitrogen and oxygen atoms in total. The van der Waals surface area contributed by atoms with Crippen LogP contribution in [0, 0.1) is 0 Å². The number of methoxy groups -OCH3 is 1. The van der Waals surface area contributed by atoms with Crippen LogP contribution in [0.2, 0.25) is 0 Å². The second kappa shape index (κ2) is 5.31. The van der Waals surface area contributed by atoms with E-state index >= 15 is 0 Å². The van der Waals surface area contributed by atoms with Crippen LogP contribution < -0.4 is 10.1 Å². The van der Waals surface area contributed by atoms with Gasteiger partial charge in [-0.25, -0.2) is 0 Å². The lowest BCUT2D eigenvalue weighted by Gasteiger charge is -2.26. The number of carbonyl (C=O) groups is 1. The molecule has 21 heavy (non-hydrogen) atoms. The highest BCUT2D eigenvalue weighted by atomic mass is 16.5.